The van der Waals surface area contributed by atoms with Crippen LogP contribution in [0.3, 0.4) is 0 Å². The Balaban J connectivity index is 2.72. The first-order valence-electron chi connectivity index (χ1n) is 6.89. The Labute approximate surface area is 123 Å². The number of benzene rings is 1. The first-order valence-corrected chi connectivity index (χ1v) is 6.89. The third-order valence-corrected chi connectivity index (χ3v) is 3.30. The van der Waals surface area contributed by atoms with Gasteiger partial charge in [-0.15, -0.1) is 0 Å². The van der Waals surface area contributed by atoms with E-state index in [0.717, 1.165) is 12.1 Å². The predicted octanol–water partition coefficient (Wildman–Crippen LogP) is 3.87. The summed E-state index contributed by atoms with van der Waals surface area (Å²) in [5.41, 5.74) is 4.86. The Morgan fingerprint density at radius 1 is 1.05 bits per heavy atom. The minimum atomic E-state index is 0.946. The second kappa shape index (κ2) is 7.59. The van der Waals surface area contributed by atoms with Crippen molar-refractivity contribution in [3.05, 3.63) is 65.9 Å². The largest absolute Gasteiger partial charge is 0.378 e. The summed E-state index contributed by atoms with van der Waals surface area (Å²) in [5.74, 6) is 0. The zero-order valence-corrected chi connectivity index (χ0v) is 13.4. The molecule has 0 spiro atoms. The third kappa shape index (κ3) is 4.96. The minimum absolute atomic E-state index is 0.946. The molecule has 0 heterocycles. The van der Waals surface area contributed by atoms with Gasteiger partial charge in [-0.25, -0.2) is 0 Å². The molecule has 0 saturated heterocycles. The van der Waals surface area contributed by atoms with Crippen molar-refractivity contribution in [3.8, 4) is 0 Å². The Morgan fingerprint density at radius 2 is 1.65 bits per heavy atom. The van der Waals surface area contributed by atoms with Gasteiger partial charge in [0.15, 0.2) is 0 Å². The van der Waals surface area contributed by atoms with Crippen molar-refractivity contribution >= 4 is 5.69 Å². The van der Waals surface area contributed by atoms with Crippen LogP contribution in [0.25, 0.3) is 0 Å². The van der Waals surface area contributed by atoms with Gasteiger partial charge < -0.3 is 9.80 Å². The Bertz CT molecular complexity index is 491. The van der Waals surface area contributed by atoms with Crippen molar-refractivity contribution in [2.45, 2.75) is 13.3 Å². The standard InChI is InChI=1S/C18H26N2/c1-7-16(9-8-15(2)19(3)4)14-17-10-12-18(13-11-17)20(5)6/h7-13H,2,14H2,1,3-6H3/b9-8-,16-7+. The lowest BCUT2D eigenvalue weighted by Crippen LogP contribution is -2.08. The maximum absolute atomic E-state index is 4.00. The number of rotatable bonds is 6. The van der Waals surface area contributed by atoms with Crippen LogP contribution in [0.15, 0.2) is 60.3 Å². The van der Waals surface area contributed by atoms with Crippen molar-refractivity contribution in [2.24, 2.45) is 0 Å². The number of likely N-dealkylation sites (N-methyl/N-ethyl adjacent to an activating group) is 1. The van der Waals surface area contributed by atoms with Gasteiger partial charge in [-0.2, -0.15) is 0 Å². The van der Waals surface area contributed by atoms with E-state index in [1.807, 2.05) is 19.0 Å². The fraction of sp³-hybridized carbons (Fsp3) is 0.333. The predicted molar refractivity (Wildman–Crippen MR) is 90.2 cm³/mol. The van der Waals surface area contributed by atoms with Crippen molar-refractivity contribution in [1.29, 1.82) is 0 Å². The van der Waals surface area contributed by atoms with Gasteiger partial charge >= 0.3 is 0 Å². The van der Waals surface area contributed by atoms with Gasteiger partial charge in [0, 0.05) is 39.6 Å². The lowest BCUT2D eigenvalue weighted by molar-refractivity contribution is 0.532. The Morgan fingerprint density at radius 3 is 2.10 bits per heavy atom. The topological polar surface area (TPSA) is 6.48 Å². The monoisotopic (exact) mass is 270 g/mol. The molecule has 0 aliphatic carbocycles. The van der Waals surface area contributed by atoms with Crippen molar-refractivity contribution in [3.63, 3.8) is 0 Å². The summed E-state index contributed by atoms with van der Waals surface area (Å²) in [4.78, 5) is 4.12. The van der Waals surface area contributed by atoms with Crippen LogP contribution in [-0.2, 0) is 6.42 Å². The number of anilines is 1. The first-order chi connectivity index (χ1) is 9.43. The minimum Gasteiger partial charge on any atom is -0.378 e. The summed E-state index contributed by atoms with van der Waals surface area (Å²) in [6.07, 6.45) is 7.30. The van der Waals surface area contributed by atoms with E-state index in [2.05, 4.69) is 75.0 Å². The molecule has 20 heavy (non-hydrogen) atoms. The molecule has 2 heteroatoms. The van der Waals surface area contributed by atoms with Crippen molar-refractivity contribution < 1.29 is 0 Å². The lowest BCUT2D eigenvalue weighted by Gasteiger charge is -2.13. The van der Waals surface area contributed by atoms with Crippen LogP contribution in [0, 0.1) is 0 Å². The average Bonchev–Trinajstić information content (AvgIpc) is 2.43. The molecule has 0 N–H and O–H groups in total. The highest BCUT2D eigenvalue weighted by Gasteiger charge is 1.99. The zero-order chi connectivity index (χ0) is 15.1. The van der Waals surface area contributed by atoms with E-state index in [4.69, 9.17) is 0 Å². The molecule has 0 aliphatic rings. The van der Waals surface area contributed by atoms with Gasteiger partial charge in [0.25, 0.3) is 0 Å². The van der Waals surface area contributed by atoms with Crippen LogP contribution >= 0.6 is 0 Å². The fourth-order valence-electron chi connectivity index (χ4n) is 1.76. The molecular formula is C18H26N2. The van der Waals surface area contributed by atoms with E-state index in [1.165, 1.54) is 16.8 Å². The summed E-state index contributed by atoms with van der Waals surface area (Å²) < 4.78 is 0. The quantitative estimate of drug-likeness (QED) is 0.724. The molecule has 1 rings (SSSR count). The molecule has 0 atom stereocenters. The van der Waals surface area contributed by atoms with Crippen LogP contribution in [0.2, 0.25) is 0 Å². The van der Waals surface area contributed by atoms with Crippen molar-refractivity contribution in [2.75, 3.05) is 33.1 Å². The summed E-state index contributed by atoms with van der Waals surface area (Å²) >= 11 is 0. The number of hydrogen-bond donors (Lipinski definition) is 0. The molecule has 0 bridgehead atoms. The van der Waals surface area contributed by atoms with Crippen LogP contribution in [0.4, 0.5) is 5.69 Å². The maximum Gasteiger partial charge on any atom is 0.0361 e. The zero-order valence-electron chi connectivity index (χ0n) is 13.4. The molecule has 0 fully saturated rings. The normalized spacial score (nSPS) is 11.8. The van der Waals surface area contributed by atoms with Gasteiger partial charge in [-0.1, -0.05) is 30.9 Å². The van der Waals surface area contributed by atoms with Crippen LogP contribution in [0.1, 0.15) is 12.5 Å². The Kier molecular flexibility index (Phi) is 6.10. The van der Waals surface area contributed by atoms with Gasteiger partial charge in [-0.05, 0) is 42.7 Å². The molecule has 0 amide bonds. The highest BCUT2D eigenvalue weighted by Crippen LogP contribution is 2.16. The van der Waals surface area contributed by atoms with Crippen LogP contribution < -0.4 is 4.90 Å². The fourth-order valence-corrected chi connectivity index (χ4v) is 1.76. The number of hydrogen-bond acceptors (Lipinski definition) is 2. The van der Waals surface area contributed by atoms with E-state index < -0.39 is 0 Å². The SMILES string of the molecule is C=C(/C=C\C(=C/C)Cc1ccc(N(C)C)cc1)N(C)C. The summed E-state index contributed by atoms with van der Waals surface area (Å²) in [6, 6.07) is 8.69. The van der Waals surface area contributed by atoms with E-state index in [9.17, 15) is 0 Å². The average molecular weight is 270 g/mol. The summed E-state index contributed by atoms with van der Waals surface area (Å²) in [6.45, 7) is 6.08. The summed E-state index contributed by atoms with van der Waals surface area (Å²) in [5, 5.41) is 0. The van der Waals surface area contributed by atoms with Gasteiger partial charge in [0.05, 0.1) is 0 Å². The first kappa shape index (κ1) is 16.1. The molecule has 0 saturated carbocycles. The second-order valence-electron chi connectivity index (χ2n) is 5.32. The van der Waals surface area contributed by atoms with E-state index in [-0.39, 0.29) is 0 Å². The summed E-state index contributed by atoms with van der Waals surface area (Å²) in [7, 11) is 8.12. The molecule has 0 radical (unpaired) electrons. The molecule has 0 aliphatic heterocycles. The lowest BCUT2D eigenvalue weighted by atomic mass is 10.0. The van der Waals surface area contributed by atoms with Crippen molar-refractivity contribution in [1.82, 2.24) is 4.90 Å². The van der Waals surface area contributed by atoms with Gasteiger partial charge in [-0.3, -0.25) is 0 Å². The van der Waals surface area contributed by atoms with Crippen LogP contribution in [-0.4, -0.2) is 33.1 Å². The molecule has 1 aromatic rings. The maximum atomic E-state index is 4.00. The second-order valence-corrected chi connectivity index (χ2v) is 5.32. The number of allylic oxidation sites excluding steroid dienone is 4. The van der Waals surface area contributed by atoms with Gasteiger partial charge in [0.2, 0.25) is 0 Å². The number of nitrogens with zero attached hydrogens (tertiary/aromatic N) is 2. The van der Waals surface area contributed by atoms with E-state index in [1.54, 1.807) is 0 Å². The highest BCUT2D eigenvalue weighted by molar-refractivity contribution is 5.47. The molecule has 108 valence electrons. The smallest absolute Gasteiger partial charge is 0.0361 e. The Hall–Kier alpha value is -1.96. The third-order valence-electron chi connectivity index (χ3n) is 3.30. The molecular weight excluding hydrogens is 244 g/mol. The highest BCUT2D eigenvalue weighted by atomic mass is 15.1. The van der Waals surface area contributed by atoms with Gasteiger partial charge in [0.1, 0.15) is 0 Å². The van der Waals surface area contributed by atoms with E-state index in [0.29, 0.717) is 0 Å². The molecule has 1 aromatic carbocycles. The van der Waals surface area contributed by atoms with Crippen LogP contribution in [0.5, 0.6) is 0 Å². The molecule has 2 nitrogen and oxygen atoms in total. The van der Waals surface area contributed by atoms with E-state index >= 15 is 0 Å². The molecule has 0 aromatic heterocycles. The molecule has 0 unspecified atom stereocenters.